The molecular weight excluding hydrogens is 232 g/mol. The molecule has 2 aliphatic carbocycles. The molecule has 0 saturated carbocycles. The molecule has 0 aromatic carbocycles. The fraction of sp³-hybridized carbons (Fsp3) is 0.529. The van der Waals surface area contributed by atoms with E-state index in [1.807, 2.05) is 6.08 Å². The maximum absolute atomic E-state index is 9.59. The highest BCUT2D eigenvalue weighted by Gasteiger charge is 2.44. The summed E-state index contributed by atoms with van der Waals surface area (Å²) in [6.07, 6.45) is 7.65. The minimum absolute atomic E-state index is 0.282. The SMILES string of the molecule is C=C(C)[C@@H]1CCC(C)=C2[C@H]1CC=CCC2(C#N)C#N. The first-order valence-electron chi connectivity index (χ1n) is 6.88. The van der Waals surface area contributed by atoms with Gasteiger partial charge in [0.05, 0.1) is 12.1 Å². The average molecular weight is 252 g/mol. The largest absolute Gasteiger partial charge is 0.196 e. The minimum Gasteiger partial charge on any atom is -0.196 e. The molecule has 0 heterocycles. The summed E-state index contributed by atoms with van der Waals surface area (Å²) in [7, 11) is 0. The molecule has 0 amide bonds. The van der Waals surface area contributed by atoms with Crippen LogP contribution in [-0.4, -0.2) is 0 Å². The van der Waals surface area contributed by atoms with E-state index in [1.165, 1.54) is 11.1 Å². The molecule has 0 unspecified atom stereocenters. The van der Waals surface area contributed by atoms with Crippen molar-refractivity contribution in [1.82, 2.24) is 0 Å². The zero-order valence-electron chi connectivity index (χ0n) is 11.7. The van der Waals surface area contributed by atoms with Gasteiger partial charge in [-0.1, -0.05) is 29.9 Å². The van der Waals surface area contributed by atoms with E-state index in [2.05, 4.69) is 38.6 Å². The third-order valence-electron chi connectivity index (χ3n) is 4.60. The molecule has 0 N–H and O–H groups in total. The van der Waals surface area contributed by atoms with E-state index in [9.17, 15) is 10.5 Å². The number of allylic oxidation sites excluding steroid dienone is 5. The molecule has 0 fully saturated rings. The van der Waals surface area contributed by atoms with Crippen molar-refractivity contribution in [2.75, 3.05) is 0 Å². The Hall–Kier alpha value is -1.80. The fourth-order valence-electron chi connectivity index (χ4n) is 3.63. The normalized spacial score (nSPS) is 28.8. The van der Waals surface area contributed by atoms with Crippen molar-refractivity contribution >= 4 is 0 Å². The Labute approximate surface area is 115 Å². The van der Waals surface area contributed by atoms with E-state index >= 15 is 0 Å². The van der Waals surface area contributed by atoms with Crippen LogP contribution in [0.1, 0.15) is 39.5 Å². The summed E-state index contributed by atoms with van der Waals surface area (Å²) in [6.45, 7) is 8.27. The molecule has 0 radical (unpaired) electrons. The van der Waals surface area contributed by atoms with E-state index in [0.717, 1.165) is 24.8 Å². The van der Waals surface area contributed by atoms with Crippen LogP contribution in [0.3, 0.4) is 0 Å². The van der Waals surface area contributed by atoms with E-state index in [-0.39, 0.29) is 5.92 Å². The molecule has 0 aliphatic heterocycles. The Morgan fingerprint density at radius 2 is 2.05 bits per heavy atom. The van der Waals surface area contributed by atoms with Crippen molar-refractivity contribution in [2.45, 2.75) is 39.5 Å². The zero-order valence-corrected chi connectivity index (χ0v) is 11.7. The summed E-state index contributed by atoms with van der Waals surface area (Å²) in [5.74, 6) is 0.687. The van der Waals surface area contributed by atoms with Crippen LogP contribution >= 0.6 is 0 Å². The quantitative estimate of drug-likeness (QED) is 0.653. The third kappa shape index (κ3) is 2.13. The van der Waals surface area contributed by atoms with Gasteiger partial charge in [0.25, 0.3) is 0 Å². The van der Waals surface area contributed by atoms with Crippen molar-refractivity contribution in [3.63, 3.8) is 0 Å². The number of rotatable bonds is 1. The van der Waals surface area contributed by atoms with Gasteiger partial charge < -0.3 is 0 Å². The summed E-state index contributed by atoms with van der Waals surface area (Å²) in [6, 6.07) is 4.59. The Balaban J connectivity index is 2.59. The van der Waals surface area contributed by atoms with Crippen LogP contribution in [0.15, 0.2) is 35.5 Å². The van der Waals surface area contributed by atoms with Crippen LogP contribution in [0.4, 0.5) is 0 Å². The Morgan fingerprint density at radius 1 is 1.37 bits per heavy atom. The summed E-state index contributed by atoms with van der Waals surface area (Å²) in [5.41, 5.74) is 2.54. The lowest BCUT2D eigenvalue weighted by Crippen LogP contribution is -2.32. The molecule has 0 aromatic rings. The van der Waals surface area contributed by atoms with Crippen LogP contribution < -0.4 is 0 Å². The Kier molecular flexibility index (Phi) is 3.63. The first-order chi connectivity index (χ1) is 9.05. The van der Waals surface area contributed by atoms with Gasteiger partial charge in [-0.15, -0.1) is 0 Å². The molecule has 2 heteroatoms. The van der Waals surface area contributed by atoms with Gasteiger partial charge in [-0.05, 0) is 50.5 Å². The topological polar surface area (TPSA) is 47.6 Å². The Bertz CT molecular complexity index is 523. The van der Waals surface area contributed by atoms with Crippen LogP contribution in [0, 0.1) is 39.9 Å². The fourth-order valence-corrected chi connectivity index (χ4v) is 3.63. The van der Waals surface area contributed by atoms with E-state index < -0.39 is 5.41 Å². The summed E-state index contributed by atoms with van der Waals surface area (Å²) < 4.78 is 0. The number of nitrogens with zero attached hydrogens (tertiary/aromatic N) is 2. The lowest BCUT2D eigenvalue weighted by atomic mass is 9.63. The predicted octanol–water partition coefficient (Wildman–Crippen LogP) is 4.29. The second-order valence-corrected chi connectivity index (χ2v) is 5.83. The van der Waals surface area contributed by atoms with Crippen LogP contribution in [0.5, 0.6) is 0 Å². The van der Waals surface area contributed by atoms with Gasteiger partial charge in [-0.3, -0.25) is 0 Å². The van der Waals surface area contributed by atoms with Gasteiger partial charge in [0.1, 0.15) is 0 Å². The van der Waals surface area contributed by atoms with Gasteiger partial charge in [-0.25, -0.2) is 0 Å². The summed E-state index contributed by atoms with van der Waals surface area (Å²) in [5, 5.41) is 19.2. The van der Waals surface area contributed by atoms with E-state index in [0.29, 0.717) is 12.3 Å². The number of hydrogen-bond donors (Lipinski definition) is 0. The lowest BCUT2D eigenvalue weighted by Gasteiger charge is -2.38. The first kappa shape index (κ1) is 13.6. The number of nitriles is 2. The van der Waals surface area contributed by atoms with Crippen molar-refractivity contribution in [3.8, 4) is 12.1 Å². The molecule has 0 saturated heterocycles. The monoisotopic (exact) mass is 252 g/mol. The van der Waals surface area contributed by atoms with Crippen LogP contribution in [-0.2, 0) is 0 Å². The van der Waals surface area contributed by atoms with Crippen molar-refractivity contribution < 1.29 is 0 Å². The molecular formula is C17H20N2. The van der Waals surface area contributed by atoms with Crippen molar-refractivity contribution in [1.29, 1.82) is 10.5 Å². The van der Waals surface area contributed by atoms with Crippen LogP contribution in [0.25, 0.3) is 0 Å². The molecule has 0 bridgehead atoms. The van der Waals surface area contributed by atoms with E-state index in [4.69, 9.17) is 0 Å². The Morgan fingerprint density at radius 3 is 2.63 bits per heavy atom. The molecule has 19 heavy (non-hydrogen) atoms. The smallest absolute Gasteiger partial charge is 0.168 e. The number of hydrogen-bond acceptors (Lipinski definition) is 2. The van der Waals surface area contributed by atoms with E-state index in [1.54, 1.807) is 0 Å². The average Bonchev–Trinajstić information content (AvgIpc) is 2.59. The lowest BCUT2D eigenvalue weighted by molar-refractivity contribution is 0.345. The molecule has 0 aromatic heterocycles. The van der Waals surface area contributed by atoms with Gasteiger partial charge in [0, 0.05) is 6.42 Å². The molecule has 0 spiro atoms. The van der Waals surface area contributed by atoms with Gasteiger partial charge in [-0.2, -0.15) is 10.5 Å². The summed E-state index contributed by atoms with van der Waals surface area (Å²) >= 11 is 0. The highest BCUT2D eigenvalue weighted by Crippen LogP contribution is 2.50. The zero-order chi connectivity index (χ0) is 14.0. The second kappa shape index (κ2) is 5.06. The maximum Gasteiger partial charge on any atom is 0.168 e. The van der Waals surface area contributed by atoms with Gasteiger partial charge in [0.2, 0.25) is 0 Å². The van der Waals surface area contributed by atoms with Gasteiger partial charge >= 0.3 is 0 Å². The first-order valence-corrected chi connectivity index (χ1v) is 6.88. The third-order valence-corrected chi connectivity index (χ3v) is 4.60. The summed E-state index contributed by atoms with van der Waals surface area (Å²) in [4.78, 5) is 0. The van der Waals surface area contributed by atoms with Crippen molar-refractivity contribution in [3.05, 3.63) is 35.5 Å². The standard InChI is InChI=1S/C17H20N2/c1-12(2)14-8-7-13(3)16-15(14)6-4-5-9-17(16,10-18)11-19/h4-5,14-15H,1,6-9H2,2-3H3/t14-,15-/m0/s1. The minimum atomic E-state index is -0.962. The maximum atomic E-state index is 9.59. The van der Waals surface area contributed by atoms with Crippen LogP contribution in [0.2, 0.25) is 0 Å². The molecule has 2 rings (SSSR count). The molecule has 2 atom stereocenters. The predicted molar refractivity (Wildman–Crippen MR) is 75.8 cm³/mol. The highest BCUT2D eigenvalue weighted by molar-refractivity contribution is 5.42. The highest BCUT2D eigenvalue weighted by atomic mass is 14.5. The molecule has 2 nitrogen and oxygen atoms in total. The molecule has 98 valence electrons. The second-order valence-electron chi connectivity index (χ2n) is 5.83. The molecule has 2 aliphatic rings. The van der Waals surface area contributed by atoms with Crippen molar-refractivity contribution in [2.24, 2.45) is 17.3 Å². The number of fused-ring (bicyclic) bond motifs is 1. The van der Waals surface area contributed by atoms with Gasteiger partial charge in [0.15, 0.2) is 5.41 Å².